The first-order valence-electron chi connectivity index (χ1n) is 6.45. The Balaban J connectivity index is 2.16. The molecule has 0 atom stereocenters. The molecule has 0 amide bonds. The normalized spacial score (nSPS) is 12.0. The Morgan fingerprint density at radius 1 is 1.00 bits per heavy atom. The van der Waals surface area contributed by atoms with E-state index < -0.39 is 0 Å². The van der Waals surface area contributed by atoms with E-state index in [1.807, 2.05) is 6.07 Å². The highest BCUT2D eigenvalue weighted by Crippen LogP contribution is 2.44. The van der Waals surface area contributed by atoms with Crippen molar-refractivity contribution in [1.82, 2.24) is 9.97 Å². The molecular weight excluding hydrogens is 320 g/mol. The number of benzene rings is 1. The highest BCUT2D eigenvalue weighted by atomic mass is 35.5. The van der Waals surface area contributed by atoms with Crippen molar-refractivity contribution in [2.24, 2.45) is 0 Å². The molecule has 0 radical (unpaired) electrons. The zero-order chi connectivity index (χ0) is 14.0. The Labute approximate surface area is 132 Å². The van der Waals surface area contributed by atoms with Gasteiger partial charge in [-0.3, -0.25) is 4.98 Å². The quantitative estimate of drug-likeness (QED) is 0.263. The van der Waals surface area contributed by atoms with Crippen molar-refractivity contribution in [3.05, 3.63) is 47.1 Å². The summed E-state index contributed by atoms with van der Waals surface area (Å²) in [5, 5.41) is 7.39. The fourth-order valence-corrected chi connectivity index (χ4v) is 5.28. The SMILES string of the molecule is Clc1nc2c(ccc3cccnc32)c2c1sc1sccc12. The van der Waals surface area contributed by atoms with Crippen LogP contribution >= 0.6 is 34.3 Å². The second-order valence-corrected chi connectivity index (χ2v) is 7.42. The Hall–Kier alpha value is -1.75. The molecule has 0 unspecified atom stereocenters. The Bertz CT molecular complexity index is 1160. The maximum atomic E-state index is 6.44. The van der Waals surface area contributed by atoms with Gasteiger partial charge in [-0.05, 0) is 17.5 Å². The second-order valence-electron chi connectivity index (χ2n) is 4.87. The molecule has 5 aromatic rings. The van der Waals surface area contributed by atoms with E-state index in [2.05, 4.69) is 39.6 Å². The first-order valence-corrected chi connectivity index (χ1v) is 8.53. The van der Waals surface area contributed by atoms with Crippen LogP contribution in [0.15, 0.2) is 41.9 Å². The maximum absolute atomic E-state index is 6.44. The van der Waals surface area contributed by atoms with Crippen molar-refractivity contribution in [1.29, 1.82) is 0 Å². The van der Waals surface area contributed by atoms with E-state index in [-0.39, 0.29) is 0 Å². The highest BCUT2D eigenvalue weighted by molar-refractivity contribution is 7.41. The number of fused-ring (bicyclic) bond motifs is 7. The molecule has 0 aliphatic heterocycles. The average Bonchev–Trinajstić information content (AvgIpc) is 3.08. The molecule has 21 heavy (non-hydrogen) atoms. The Morgan fingerprint density at radius 3 is 2.90 bits per heavy atom. The van der Waals surface area contributed by atoms with E-state index in [0.717, 1.165) is 26.5 Å². The number of nitrogens with zero attached hydrogens (tertiary/aromatic N) is 2. The number of halogens is 1. The smallest absolute Gasteiger partial charge is 0.147 e. The van der Waals surface area contributed by atoms with Crippen molar-refractivity contribution in [2.75, 3.05) is 0 Å². The van der Waals surface area contributed by atoms with Gasteiger partial charge in [0.1, 0.15) is 5.15 Å². The summed E-state index contributed by atoms with van der Waals surface area (Å²) in [6, 6.07) is 10.4. The van der Waals surface area contributed by atoms with Gasteiger partial charge in [0.2, 0.25) is 0 Å². The van der Waals surface area contributed by atoms with Gasteiger partial charge in [0, 0.05) is 27.7 Å². The van der Waals surface area contributed by atoms with Gasteiger partial charge in [-0.15, -0.1) is 22.7 Å². The molecule has 5 rings (SSSR count). The Morgan fingerprint density at radius 2 is 1.95 bits per heavy atom. The van der Waals surface area contributed by atoms with Crippen LogP contribution in [-0.2, 0) is 0 Å². The number of hydrogen-bond donors (Lipinski definition) is 0. The standard InChI is InChI=1S/C16H7ClN2S2/c17-15-14-11(10-5-7-20-16(10)21-14)9-4-3-8-2-1-6-18-12(8)13(9)19-15/h1-7H. The Kier molecular flexibility index (Phi) is 2.33. The van der Waals surface area contributed by atoms with E-state index >= 15 is 0 Å². The lowest BCUT2D eigenvalue weighted by Gasteiger charge is -2.05. The third-order valence-electron chi connectivity index (χ3n) is 3.74. The molecule has 0 fully saturated rings. The predicted octanol–water partition coefficient (Wildman–Crippen LogP) is 5.87. The number of rotatable bonds is 0. The molecule has 0 spiro atoms. The summed E-state index contributed by atoms with van der Waals surface area (Å²) in [6.45, 7) is 0. The first-order chi connectivity index (χ1) is 10.3. The zero-order valence-electron chi connectivity index (χ0n) is 10.6. The van der Waals surface area contributed by atoms with Crippen molar-refractivity contribution in [3.8, 4) is 0 Å². The molecule has 0 N–H and O–H groups in total. The van der Waals surface area contributed by atoms with Crippen molar-refractivity contribution in [3.63, 3.8) is 0 Å². The van der Waals surface area contributed by atoms with Crippen LogP contribution in [0.1, 0.15) is 0 Å². The summed E-state index contributed by atoms with van der Waals surface area (Å²) in [6.07, 6.45) is 1.80. The molecule has 0 aliphatic rings. The van der Waals surface area contributed by atoms with Gasteiger partial charge >= 0.3 is 0 Å². The third kappa shape index (κ3) is 1.52. The monoisotopic (exact) mass is 326 g/mol. The second kappa shape index (κ2) is 4.13. The summed E-state index contributed by atoms with van der Waals surface area (Å²) >= 11 is 9.91. The van der Waals surface area contributed by atoms with Crippen LogP contribution in [0.4, 0.5) is 0 Å². The van der Waals surface area contributed by atoms with Crippen molar-refractivity contribution in [2.45, 2.75) is 0 Å². The van der Waals surface area contributed by atoms with Crippen LogP contribution in [0.3, 0.4) is 0 Å². The zero-order valence-corrected chi connectivity index (χ0v) is 13.0. The van der Waals surface area contributed by atoms with Crippen LogP contribution in [0.2, 0.25) is 5.15 Å². The lowest BCUT2D eigenvalue weighted by molar-refractivity contribution is 1.39. The summed E-state index contributed by atoms with van der Waals surface area (Å²) in [5.41, 5.74) is 1.80. The fraction of sp³-hybridized carbons (Fsp3) is 0. The number of thiophene rings is 2. The van der Waals surface area contributed by atoms with Crippen LogP contribution in [-0.4, -0.2) is 9.97 Å². The van der Waals surface area contributed by atoms with Crippen molar-refractivity contribution >= 4 is 75.6 Å². The lowest BCUT2D eigenvalue weighted by atomic mass is 10.1. The third-order valence-corrected chi connectivity index (χ3v) is 6.37. The molecule has 0 bridgehead atoms. The van der Waals surface area contributed by atoms with Crippen LogP contribution in [0.25, 0.3) is 41.3 Å². The van der Waals surface area contributed by atoms with Crippen molar-refractivity contribution < 1.29 is 0 Å². The van der Waals surface area contributed by atoms with Crippen LogP contribution in [0, 0.1) is 0 Å². The summed E-state index contributed by atoms with van der Waals surface area (Å²) in [7, 11) is 0. The minimum Gasteiger partial charge on any atom is -0.254 e. The molecule has 0 saturated heterocycles. The predicted molar refractivity (Wildman–Crippen MR) is 92.8 cm³/mol. The lowest BCUT2D eigenvalue weighted by Crippen LogP contribution is -1.86. The van der Waals surface area contributed by atoms with Gasteiger partial charge in [0.05, 0.1) is 19.7 Å². The topological polar surface area (TPSA) is 25.8 Å². The molecule has 4 heterocycles. The van der Waals surface area contributed by atoms with Gasteiger partial charge in [-0.2, -0.15) is 0 Å². The summed E-state index contributed by atoms with van der Waals surface area (Å²) in [5.74, 6) is 0. The molecule has 0 aliphatic carbocycles. The van der Waals surface area contributed by atoms with E-state index in [0.29, 0.717) is 5.15 Å². The number of aromatic nitrogens is 2. The molecule has 0 saturated carbocycles. The minimum atomic E-state index is 0.573. The number of hydrogen-bond acceptors (Lipinski definition) is 4. The van der Waals surface area contributed by atoms with E-state index in [1.165, 1.54) is 14.8 Å². The first kappa shape index (κ1) is 11.9. The molecule has 2 nitrogen and oxygen atoms in total. The van der Waals surface area contributed by atoms with E-state index in [9.17, 15) is 0 Å². The highest BCUT2D eigenvalue weighted by Gasteiger charge is 2.15. The maximum Gasteiger partial charge on any atom is 0.147 e. The fourth-order valence-electron chi connectivity index (χ4n) is 2.83. The van der Waals surface area contributed by atoms with Gasteiger partial charge in [-0.1, -0.05) is 29.8 Å². The molecule has 100 valence electrons. The largest absolute Gasteiger partial charge is 0.254 e. The van der Waals surface area contributed by atoms with Gasteiger partial charge in [-0.25, -0.2) is 4.98 Å². The molecule has 1 aromatic carbocycles. The summed E-state index contributed by atoms with van der Waals surface area (Å²) < 4.78 is 2.36. The average molecular weight is 327 g/mol. The van der Waals surface area contributed by atoms with E-state index in [4.69, 9.17) is 11.6 Å². The van der Waals surface area contributed by atoms with Gasteiger partial charge < -0.3 is 0 Å². The molecule has 4 aromatic heterocycles. The van der Waals surface area contributed by atoms with Gasteiger partial charge in [0.25, 0.3) is 0 Å². The number of pyridine rings is 2. The summed E-state index contributed by atoms with van der Waals surface area (Å²) in [4.78, 5) is 9.12. The van der Waals surface area contributed by atoms with Gasteiger partial charge in [0.15, 0.2) is 0 Å². The van der Waals surface area contributed by atoms with Crippen LogP contribution < -0.4 is 0 Å². The van der Waals surface area contributed by atoms with Crippen LogP contribution in [0.5, 0.6) is 0 Å². The molecular formula is C16H7ClN2S2. The molecule has 5 heteroatoms. The van der Waals surface area contributed by atoms with E-state index in [1.54, 1.807) is 28.9 Å². The minimum absolute atomic E-state index is 0.573.